The van der Waals surface area contributed by atoms with E-state index in [0.717, 1.165) is 15.4 Å². The maximum Gasteiger partial charge on any atom is 0.338 e. The van der Waals surface area contributed by atoms with Crippen molar-refractivity contribution in [1.82, 2.24) is 0 Å². The van der Waals surface area contributed by atoms with Gasteiger partial charge in [0.1, 0.15) is 0 Å². The van der Waals surface area contributed by atoms with E-state index in [1.165, 1.54) is 53.0 Å². The number of nitro benzene ring substituents is 2. The number of rotatable bonds is 4. The predicted molar refractivity (Wildman–Crippen MR) is 132 cm³/mol. The quantitative estimate of drug-likeness (QED) is 0.138. The van der Waals surface area contributed by atoms with Gasteiger partial charge in [0.15, 0.2) is 0 Å². The number of carbonyl (C=O) groups excluding carboxylic acids is 1. The maximum atomic E-state index is 12.6. The molecule has 0 unspecified atom stereocenters. The summed E-state index contributed by atoms with van der Waals surface area (Å²) in [5.74, 6) is -0.718. The number of carbonyl (C=O) groups is 1. The summed E-state index contributed by atoms with van der Waals surface area (Å²) in [5, 5.41) is 23.2. The van der Waals surface area contributed by atoms with E-state index in [-0.39, 0.29) is 16.9 Å². The van der Waals surface area contributed by atoms with Gasteiger partial charge in [-0.3, -0.25) is 20.2 Å². The number of fused-ring (bicyclic) bond motifs is 3. The van der Waals surface area contributed by atoms with Crippen molar-refractivity contribution in [2.75, 3.05) is 7.11 Å². The molecular formula is C24H14N2O6S2. The number of ether oxygens (including phenoxy) is 1. The Morgan fingerprint density at radius 2 is 1.56 bits per heavy atom. The summed E-state index contributed by atoms with van der Waals surface area (Å²) in [7, 11) is 4.21. The lowest BCUT2D eigenvalue weighted by atomic mass is 9.97. The highest BCUT2D eigenvalue weighted by Crippen LogP contribution is 2.57. The number of nitro groups is 2. The van der Waals surface area contributed by atoms with Gasteiger partial charge in [-0.15, -0.1) is 0 Å². The number of nitrogens with zero attached hydrogens (tertiary/aromatic N) is 2. The van der Waals surface area contributed by atoms with Gasteiger partial charge in [0.05, 0.1) is 22.5 Å². The van der Waals surface area contributed by atoms with Gasteiger partial charge in [-0.05, 0) is 34.4 Å². The largest absolute Gasteiger partial charge is 0.465 e. The van der Waals surface area contributed by atoms with Crippen molar-refractivity contribution in [3.05, 3.63) is 114 Å². The van der Waals surface area contributed by atoms with E-state index >= 15 is 0 Å². The zero-order chi connectivity index (χ0) is 24.0. The number of non-ortho nitro benzene ring substituents is 2. The second-order valence-corrected chi connectivity index (χ2v) is 9.65. The van der Waals surface area contributed by atoms with E-state index in [0.29, 0.717) is 27.8 Å². The molecule has 5 rings (SSSR count). The number of esters is 1. The molecule has 0 saturated heterocycles. The molecule has 34 heavy (non-hydrogen) atoms. The van der Waals surface area contributed by atoms with Crippen LogP contribution in [-0.4, -0.2) is 22.9 Å². The van der Waals surface area contributed by atoms with Crippen molar-refractivity contribution >= 4 is 49.4 Å². The zero-order valence-electron chi connectivity index (χ0n) is 17.5. The fraction of sp³-hybridized carbons (Fsp3) is 0.0417. The molecule has 0 fully saturated rings. The molecule has 3 aromatic rings. The Labute approximate surface area is 201 Å². The molecule has 0 saturated carbocycles. The third kappa shape index (κ3) is 3.57. The highest BCUT2D eigenvalue weighted by atomic mass is 33.1. The Bertz CT molecular complexity index is 1460. The van der Waals surface area contributed by atoms with Crippen molar-refractivity contribution in [1.29, 1.82) is 0 Å². The van der Waals surface area contributed by atoms with Crippen LogP contribution in [0.15, 0.2) is 71.6 Å². The van der Waals surface area contributed by atoms with Crippen LogP contribution in [0.4, 0.5) is 11.4 Å². The second-order valence-electron chi connectivity index (χ2n) is 7.43. The van der Waals surface area contributed by atoms with Crippen LogP contribution in [0.3, 0.4) is 0 Å². The Kier molecular flexibility index (Phi) is 5.46. The average molecular weight is 491 g/mol. The van der Waals surface area contributed by atoms with Gasteiger partial charge < -0.3 is 4.74 Å². The molecule has 10 heteroatoms. The highest BCUT2D eigenvalue weighted by molar-refractivity contribution is 8.82. The molecule has 0 amide bonds. The van der Waals surface area contributed by atoms with Gasteiger partial charge in [-0.2, -0.15) is 0 Å². The van der Waals surface area contributed by atoms with Crippen LogP contribution in [0.5, 0.6) is 0 Å². The summed E-state index contributed by atoms with van der Waals surface area (Å²) in [5.41, 5.74) is 3.38. The van der Waals surface area contributed by atoms with Crippen molar-refractivity contribution in [2.45, 2.75) is 0 Å². The smallest absolute Gasteiger partial charge is 0.338 e. The van der Waals surface area contributed by atoms with E-state index in [2.05, 4.69) is 0 Å². The fourth-order valence-corrected chi connectivity index (χ4v) is 6.56. The summed E-state index contributed by atoms with van der Waals surface area (Å²) in [6.07, 6.45) is 1.97. The molecule has 8 nitrogen and oxygen atoms in total. The summed E-state index contributed by atoms with van der Waals surface area (Å²) < 4.78 is 4.90. The first-order valence-electron chi connectivity index (χ1n) is 9.95. The van der Waals surface area contributed by atoms with Gasteiger partial charge in [0, 0.05) is 45.2 Å². The molecule has 3 aromatic carbocycles. The van der Waals surface area contributed by atoms with Crippen molar-refractivity contribution < 1.29 is 19.4 Å². The van der Waals surface area contributed by atoms with E-state index in [9.17, 15) is 25.0 Å². The van der Waals surface area contributed by atoms with E-state index in [4.69, 9.17) is 4.74 Å². The number of hydrogen-bond acceptors (Lipinski definition) is 8. The lowest BCUT2D eigenvalue weighted by Gasteiger charge is -2.08. The van der Waals surface area contributed by atoms with Crippen LogP contribution in [-0.2, 0) is 4.74 Å². The third-order valence-corrected chi connectivity index (χ3v) is 7.99. The minimum Gasteiger partial charge on any atom is -0.465 e. The predicted octanol–water partition coefficient (Wildman–Crippen LogP) is 6.47. The molecule has 0 atom stereocenters. The monoisotopic (exact) mass is 490 g/mol. The third-order valence-electron chi connectivity index (χ3n) is 5.55. The second kappa shape index (κ2) is 8.47. The Balaban J connectivity index is 1.83. The summed E-state index contributed by atoms with van der Waals surface area (Å²) >= 11 is 0. The van der Waals surface area contributed by atoms with Crippen LogP contribution < -0.4 is 0 Å². The maximum absolute atomic E-state index is 12.6. The molecule has 0 radical (unpaired) electrons. The normalized spacial score (nSPS) is 16.0. The van der Waals surface area contributed by atoms with Gasteiger partial charge in [0.25, 0.3) is 11.4 Å². The van der Waals surface area contributed by atoms with E-state index in [1.54, 1.807) is 6.07 Å². The average Bonchev–Trinajstić information content (AvgIpc) is 3.45. The molecule has 168 valence electrons. The minimum atomic E-state index is -0.718. The zero-order valence-corrected chi connectivity index (χ0v) is 19.1. The van der Waals surface area contributed by atoms with Crippen LogP contribution in [0.1, 0.15) is 27.0 Å². The molecule has 0 bridgehead atoms. The molecule has 0 aromatic heterocycles. The standard InChI is InChI=1S/C24H14N2O6S2/c1-32-24(27)19-11-15(26(30)31)10-18-22(19)16-8-7-14(25(28)29)9-17(16)23(18)21-12-20(33-34-21)13-5-3-2-4-6-13/h2-12H,1H3/b23-21-. The topological polar surface area (TPSA) is 113 Å². The lowest BCUT2D eigenvalue weighted by molar-refractivity contribution is -0.385. The summed E-state index contributed by atoms with van der Waals surface area (Å²) in [6, 6.07) is 16.7. The van der Waals surface area contributed by atoms with Gasteiger partial charge in [0.2, 0.25) is 0 Å². The Morgan fingerprint density at radius 1 is 0.853 bits per heavy atom. The molecule has 1 aliphatic heterocycles. The molecule has 2 aliphatic rings. The highest BCUT2D eigenvalue weighted by Gasteiger charge is 2.35. The lowest BCUT2D eigenvalue weighted by Crippen LogP contribution is -2.05. The van der Waals surface area contributed by atoms with Gasteiger partial charge >= 0.3 is 5.97 Å². The van der Waals surface area contributed by atoms with Crippen molar-refractivity contribution in [2.24, 2.45) is 0 Å². The van der Waals surface area contributed by atoms with E-state index in [1.807, 2.05) is 36.4 Å². The number of benzene rings is 3. The van der Waals surface area contributed by atoms with Crippen LogP contribution in [0.2, 0.25) is 0 Å². The first-order valence-corrected chi connectivity index (χ1v) is 12.1. The molecule has 1 aliphatic carbocycles. The fourth-order valence-electron chi connectivity index (χ4n) is 4.08. The van der Waals surface area contributed by atoms with Crippen molar-refractivity contribution in [3.8, 4) is 11.1 Å². The number of allylic oxidation sites excluding steroid dienone is 1. The van der Waals surface area contributed by atoms with Crippen LogP contribution in [0.25, 0.3) is 21.6 Å². The molecule has 0 N–H and O–H groups in total. The minimum absolute atomic E-state index is 0.0420. The van der Waals surface area contributed by atoms with Gasteiger partial charge in [-0.25, -0.2) is 4.79 Å². The van der Waals surface area contributed by atoms with Crippen molar-refractivity contribution in [3.63, 3.8) is 0 Å². The summed E-state index contributed by atoms with van der Waals surface area (Å²) in [4.78, 5) is 36.5. The molecule has 1 heterocycles. The van der Waals surface area contributed by atoms with Gasteiger partial charge in [-0.1, -0.05) is 51.9 Å². The van der Waals surface area contributed by atoms with E-state index < -0.39 is 15.8 Å². The SMILES string of the molecule is COC(=O)c1cc([N+](=O)[O-])cc2c1-c1ccc([N+](=O)[O-])cc1/C2=C1\C=C(c2ccccc2)SS1. The first-order chi connectivity index (χ1) is 16.4. The molecular weight excluding hydrogens is 476 g/mol. The summed E-state index contributed by atoms with van der Waals surface area (Å²) in [6.45, 7) is 0. The Morgan fingerprint density at radius 3 is 2.24 bits per heavy atom. The number of methoxy groups -OCH3 is 1. The molecule has 0 spiro atoms. The van der Waals surface area contributed by atoms with Crippen LogP contribution >= 0.6 is 21.6 Å². The van der Waals surface area contributed by atoms with Crippen LogP contribution in [0, 0.1) is 20.2 Å². The Hall–Kier alpha value is -3.89. The first kappa shape index (κ1) is 21.9. The number of hydrogen-bond donors (Lipinski definition) is 0.